The van der Waals surface area contributed by atoms with Gasteiger partial charge in [0, 0.05) is 45.3 Å². The quantitative estimate of drug-likeness (QED) is 0.683. The molecule has 4 rings (SSSR count). The number of thiophene rings is 1. The van der Waals surface area contributed by atoms with Gasteiger partial charge in [-0.2, -0.15) is 5.26 Å². The number of nitriles is 1. The normalized spacial score (nSPS) is 19.3. The van der Waals surface area contributed by atoms with Gasteiger partial charge in [0.05, 0.1) is 31.7 Å². The molecule has 0 radical (unpaired) electrons. The van der Waals surface area contributed by atoms with Crippen LogP contribution in [0.1, 0.15) is 16.3 Å². The second-order valence-corrected chi connectivity index (χ2v) is 7.85. The topological polar surface area (TPSA) is 81.8 Å². The van der Waals surface area contributed by atoms with Crippen LogP contribution in [0.3, 0.4) is 0 Å². The van der Waals surface area contributed by atoms with E-state index in [4.69, 9.17) is 18.9 Å². The van der Waals surface area contributed by atoms with Gasteiger partial charge in [0.25, 0.3) is 0 Å². The van der Waals surface area contributed by atoms with Crippen LogP contribution in [0.2, 0.25) is 0 Å². The van der Waals surface area contributed by atoms with Gasteiger partial charge < -0.3 is 18.9 Å². The fraction of sp³-hybridized carbons (Fsp3) is 0.500. The Morgan fingerprint density at radius 1 is 1.34 bits per heavy atom. The SMILES string of the molecule is COC1=Cc2ncn(-c3cc(OCCN4CCOCC4)c(C#N)s3)c2CC1OC. The standard InChI is InChI=1S/C20H24N4O4S/c1-25-16-9-14-15(10-17(16)26-2)24(13-22-14)20-11-18(19(12-21)29-20)28-8-5-23-3-6-27-7-4-23/h9,11,13,17H,3-8,10H2,1-2H3. The third-order valence-corrected chi connectivity index (χ3v) is 6.21. The van der Waals surface area contributed by atoms with Gasteiger partial charge in [0.1, 0.15) is 46.5 Å². The first-order valence-corrected chi connectivity index (χ1v) is 10.4. The van der Waals surface area contributed by atoms with Crippen molar-refractivity contribution in [2.75, 3.05) is 53.7 Å². The third kappa shape index (κ3) is 4.16. The number of nitrogens with zero attached hydrogens (tertiary/aromatic N) is 4. The van der Waals surface area contributed by atoms with E-state index in [-0.39, 0.29) is 6.10 Å². The second kappa shape index (κ2) is 8.97. The van der Waals surface area contributed by atoms with Gasteiger partial charge in [-0.25, -0.2) is 4.98 Å². The van der Waals surface area contributed by atoms with Gasteiger partial charge in [-0.05, 0) is 0 Å². The van der Waals surface area contributed by atoms with E-state index in [0.29, 0.717) is 23.7 Å². The molecule has 3 heterocycles. The predicted molar refractivity (Wildman–Crippen MR) is 108 cm³/mol. The van der Waals surface area contributed by atoms with Crippen LogP contribution < -0.4 is 4.74 Å². The molecule has 154 valence electrons. The zero-order valence-electron chi connectivity index (χ0n) is 16.6. The van der Waals surface area contributed by atoms with Crippen molar-refractivity contribution in [3.63, 3.8) is 0 Å². The number of morpholine rings is 1. The Kier molecular flexibility index (Phi) is 6.16. The van der Waals surface area contributed by atoms with Crippen LogP contribution in [0, 0.1) is 11.3 Å². The third-order valence-electron chi connectivity index (χ3n) is 5.19. The van der Waals surface area contributed by atoms with Crippen molar-refractivity contribution in [3.05, 3.63) is 34.4 Å². The Labute approximate surface area is 173 Å². The van der Waals surface area contributed by atoms with Crippen molar-refractivity contribution in [2.45, 2.75) is 12.5 Å². The maximum Gasteiger partial charge on any atom is 0.150 e. The summed E-state index contributed by atoms with van der Waals surface area (Å²) >= 11 is 1.40. The van der Waals surface area contributed by atoms with E-state index in [2.05, 4.69) is 16.0 Å². The van der Waals surface area contributed by atoms with E-state index in [1.807, 2.05) is 16.7 Å². The molecule has 9 heteroatoms. The van der Waals surface area contributed by atoms with Gasteiger partial charge in [-0.15, -0.1) is 11.3 Å². The fourth-order valence-electron chi connectivity index (χ4n) is 3.57. The highest BCUT2D eigenvalue weighted by Gasteiger charge is 2.27. The smallest absolute Gasteiger partial charge is 0.150 e. The average molecular weight is 417 g/mol. The minimum absolute atomic E-state index is 0.150. The minimum Gasteiger partial charge on any atom is -0.498 e. The number of fused-ring (bicyclic) bond motifs is 1. The van der Waals surface area contributed by atoms with Crippen LogP contribution in [0.15, 0.2) is 18.2 Å². The number of rotatable bonds is 7. The molecule has 29 heavy (non-hydrogen) atoms. The van der Waals surface area contributed by atoms with Crippen LogP contribution in [-0.4, -0.2) is 74.2 Å². The number of aromatic nitrogens is 2. The lowest BCUT2D eigenvalue weighted by Gasteiger charge is -2.26. The van der Waals surface area contributed by atoms with Crippen molar-refractivity contribution in [1.82, 2.24) is 14.5 Å². The first kappa shape index (κ1) is 19.9. The number of imidazole rings is 1. The second-order valence-electron chi connectivity index (χ2n) is 6.82. The predicted octanol–water partition coefficient (Wildman–Crippen LogP) is 2.07. The van der Waals surface area contributed by atoms with Gasteiger partial charge in [-0.3, -0.25) is 9.47 Å². The molecule has 2 aromatic heterocycles. The Bertz CT molecular complexity index is 924. The Morgan fingerprint density at radius 3 is 2.90 bits per heavy atom. The monoisotopic (exact) mass is 416 g/mol. The van der Waals surface area contributed by atoms with Crippen molar-refractivity contribution in [2.24, 2.45) is 0 Å². The lowest BCUT2D eigenvalue weighted by molar-refractivity contribution is 0.0322. The summed E-state index contributed by atoms with van der Waals surface area (Å²) in [5, 5.41) is 10.4. The van der Waals surface area contributed by atoms with Gasteiger partial charge in [-0.1, -0.05) is 0 Å². The van der Waals surface area contributed by atoms with E-state index in [1.165, 1.54) is 11.3 Å². The largest absolute Gasteiger partial charge is 0.498 e. The minimum atomic E-state index is -0.150. The molecule has 0 aromatic carbocycles. The number of ether oxygens (including phenoxy) is 4. The van der Waals surface area contributed by atoms with E-state index < -0.39 is 0 Å². The van der Waals surface area contributed by atoms with Crippen LogP contribution in [-0.2, 0) is 20.6 Å². The van der Waals surface area contributed by atoms with Crippen LogP contribution in [0.25, 0.3) is 11.1 Å². The Balaban J connectivity index is 1.51. The number of hydrogen-bond donors (Lipinski definition) is 0. The van der Waals surface area contributed by atoms with Crippen molar-refractivity contribution in [1.29, 1.82) is 5.26 Å². The first-order chi connectivity index (χ1) is 14.2. The van der Waals surface area contributed by atoms with Crippen molar-refractivity contribution < 1.29 is 18.9 Å². The molecule has 1 aliphatic heterocycles. The zero-order chi connectivity index (χ0) is 20.2. The lowest BCUT2D eigenvalue weighted by Crippen LogP contribution is -2.38. The van der Waals surface area contributed by atoms with Gasteiger partial charge in [0.15, 0.2) is 0 Å². The average Bonchev–Trinajstić information content (AvgIpc) is 3.36. The van der Waals surface area contributed by atoms with E-state index in [0.717, 1.165) is 55.0 Å². The highest BCUT2D eigenvalue weighted by molar-refractivity contribution is 7.15. The number of methoxy groups -OCH3 is 2. The maximum atomic E-state index is 9.55. The maximum absolute atomic E-state index is 9.55. The molecule has 1 atom stereocenters. The molecule has 8 nitrogen and oxygen atoms in total. The summed E-state index contributed by atoms with van der Waals surface area (Å²) in [6.07, 6.45) is 4.18. The molecule has 0 N–H and O–H groups in total. The molecule has 0 bridgehead atoms. The zero-order valence-corrected chi connectivity index (χ0v) is 17.4. The Morgan fingerprint density at radius 2 is 2.17 bits per heavy atom. The van der Waals surface area contributed by atoms with Crippen LogP contribution >= 0.6 is 11.3 Å². The molecule has 0 spiro atoms. The molecule has 1 aliphatic carbocycles. The fourth-order valence-corrected chi connectivity index (χ4v) is 4.46. The molecule has 2 aliphatic rings. The highest BCUT2D eigenvalue weighted by atomic mass is 32.1. The molecule has 2 aromatic rings. The molecule has 0 saturated carbocycles. The molecular formula is C20H24N4O4S. The van der Waals surface area contributed by atoms with E-state index >= 15 is 0 Å². The van der Waals surface area contributed by atoms with Crippen molar-refractivity contribution >= 4 is 17.4 Å². The van der Waals surface area contributed by atoms with Gasteiger partial charge in [0.2, 0.25) is 0 Å². The van der Waals surface area contributed by atoms with Gasteiger partial charge >= 0.3 is 0 Å². The lowest BCUT2D eigenvalue weighted by atomic mass is 10.0. The summed E-state index contributed by atoms with van der Waals surface area (Å²) in [7, 11) is 3.31. The summed E-state index contributed by atoms with van der Waals surface area (Å²) < 4.78 is 24.3. The first-order valence-electron chi connectivity index (χ1n) is 9.55. The summed E-state index contributed by atoms with van der Waals surface area (Å²) in [4.78, 5) is 7.38. The van der Waals surface area contributed by atoms with E-state index in [9.17, 15) is 5.26 Å². The highest BCUT2D eigenvalue weighted by Crippen LogP contribution is 2.34. The van der Waals surface area contributed by atoms with Crippen LogP contribution in [0.4, 0.5) is 0 Å². The molecule has 0 amide bonds. The molecular weight excluding hydrogens is 392 g/mol. The van der Waals surface area contributed by atoms with Crippen molar-refractivity contribution in [3.8, 4) is 16.8 Å². The Hall–Kier alpha value is -2.38. The molecule has 1 saturated heterocycles. The van der Waals surface area contributed by atoms with E-state index in [1.54, 1.807) is 20.5 Å². The molecule has 1 fully saturated rings. The summed E-state index contributed by atoms with van der Waals surface area (Å²) in [5.74, 6) is 1.39. The number of hydrogen-bond acceptors (Lipinski definition) is 8. The summed E-state index contributed by atoms with van der Waals surface area (Å²) in [6, 6.07) is 4.17. The molecule has 1 unspecified atom stereocenters. The summed E-state index contributed by atoms with van der Waals surface area (Å²) in [5.41, 5.74) is 1.89. The summed E-state index contributed by atoms with van der Waals surface area (Å²) in [6.45, 7) is 4.72. The van der Waals surface area contributed by atoms with Crippen LogP contribution in [0.5, 0.6) is 5.75 Å².